The zero-order valence-corrected chi connectivity index (χ0v) is 7.75. The van der Waals surface area contributed by atoms with Gasteiger partial charge in [0, 0.05) is 12.7 Å². The number of carboxylic acid groups (broad SMARTS) is 1. The second-order valence-corrected chi connectivity index (χ2v) is 2.75. The number of aromatic carboxylic acids is 1. The maximum absolute atomic E-state index is 13.3. The van der Waals surface area contributed by atoms with Crippen molar-refractivity contribution < 1.29 is 14.3 Å². The molecule has 0 aliphatic carbocycles. The highest BCUT2D eigenvalue weighted by atomic mass is 19.1. The molecule has 1 aromatic heterocycles. The van der Waals surface area contributed by atoms with E-state index in [0.717, 1.165) is 12.5 Å². The Bertz CT molecular complexity index is 342. The molecule has 1 aromatic rings. The van der Waals surface area contributed by atoms with Crippen LogP contribution in [0.15, 0.2) is 12.3 Å². The molecule has 0 aliphatic heterocycles. The second kappa shape index (κ2) is 4.55. The van der Waals surface area contributed by atoms with Crippen molar-refractivity contribution in [1.29, 1.82) is 0 Å². The number of anilines is 1. The van der Waals surface area contributed by atoms with E-state index in [0.29, 0.717) is 6.54 Å². The first-order valence-corrected chi connectivity index (χ1v) is 4.28. The van der Waals surface area contributed by atoms with E-state index >= 15 is 0 Å². The van der Waals surface area contributed by atoms with Crippen molar-refractivity contribution in [2.45, 2.75) is 13.3 Å². The number of nitrogens with zero attached hydrogens (tertiary/aromatic N) is 1. The van der Waals surface area contributed by atoms with Crippen LogP contribution < -0.4 is 5.32 Å². The molecule has 0 atom stereocenters. The molecule has 0 radical (unpaired) electrons. The van der Waals surface area contributed by atoms with E-state index in [4.69, 9.17) is 5.11 Å². The van der Waals surface area contributed by atoms with E-state index in [-0.39, 0.29) is 11.4 Å². The summed E-state index contributed by atoms with van der Waals surface area (Å²) < 4.78 is 13.3. The average molecular weight is 198 g/mol. The van der Waals surface area contributed by atoms with Gasteiger partial charge in [-0.2, -0.15) is 0 Å². The Kier molecular flexibility index (Phi) is 3.39. The number of rotatable bonds is 4. The Morgan fingerprint density at radius 2 is 2.43 bits per heavy atom. The van der Waals surface area contributed by atoms with Crippen LogP contribution in [0.2, 0.25) is 0 Å². The highest BCUT2D eigenvalue weighted by Gasteiger charge is 2.14. The minimum Gasteiger partial charge on any atom is -0.478 e. The molecular weight excluding hydrogens is 187 g/mol. The van der Waals surface area contributed by atoms with Gasteiger partial charge in [-0.15, -0.1) is 0 Å². The van der Waals surface area contributed by atoms with Crippen LogP contribution in [0.5, 0.6) is 0 Å². The Hall–Kier alpha value is -1.65. The maximum Gasteiger partial charge on any atom is 0.338 e. The molecule has 2 N–H and O–H groups in total. The molecular formula is C9H11FN2O2. The summed E-state index contributed by atoms with van der Waals surface area (Å²) >= 11 is 0. The fourth-order valence-electron chi connectivity index (χ4n) is 0.976. The molecule has 1 heterocycles. The minimum atomic E-state index is -1.29. The SMILES string of the molecule is CCCNc1nccc(C(=O)O)c1F. The first-order valence-electron chi connectivity index (χ1n) is 4.28. The van der Waals surface area contributed by atoms with Gasteiger partial charge in [0.05, 0.1) is 0 Å². The average Bonchev–Trinajstić information content (AvgIpc) is 2.16. The molecule has 0 spiro atoms. The smallest absolute Gasteiger partial charge is 0.338 e. The molecule has 0 fully saturated rings. The molecule has 5 heteroatoms. The van der Waals surface area contributed by atoms with Crippen LogP contribution in [0.1, 0.15) is 23.7 Å². The van der Waals surface area contributed by atoms with Gasteiger partial charge in [0.25, 0.3) is 0 Å². The van der Waals surface area contributed by atoms with E-state index in [1.807, 2.05) is 6.92 Å². The van der Waals surface area contributed by atoms with Gasteiger partial charge in [0.2, 0.25) is 0 Å². The quantitative estimate of drug-likeness (QED) is 0.773. The van der Waals surface area contributed by atoms with Gasteiger partial charge >= 0.3 is 5.97 Å². The lowest BCUT2D eigenvalue weighted by molar-refractivity contribution is 0.0692. The highest BCUT2D eigenvalue weighted by Crippen LogP contribution is 2.14. The molecule has 0 saturated heterocycles. The zero-order chi connectivity index (χ0) is 10.6. The number of hydrogen-bond donors (Lipinski definition) is 2. The van der Waals surface area contributed by atoms with E-state index in [9.17, 15) is 9.18 Å². The number of aromatic nitrogens is 1. The van der Waals surface area contributed by atoms with Gasteiger partial charge < -0.3 is 10.4 Å². The summed E-state index contributed by atoms with van der Waals surface area (Å²) in [7, 11) is 0. The summed E-state index contributed by atoms with van der Waals surface area (Å²) in [6.07, 6.45) is 2.09. The summed E-state index contributed by atoms with van der Waals surface area (Å²) in [4.78, 5) is 14.3. The minimum absolute atomic E-state index is 0.00764. The molecule has 76 valence electrons. The summed E-state index contributed by atoms with van der Waals surface area (Å²) in [5.74, 6) is -2.11. The normalized spacial score (nSPS) is 9.86. The van der Waals surface area contributed by atoms with Crippen molar-refractivity contribution in [3.8, 4) is 0 Å². The monoisotopic (exact) mass is 198 g/mol. The number of hydrogen-bond acceptors (Lipinski definition) is 3. The van der Waals surface area contributed by atoms with Crippen LogP contribution in [-0.4, -0.2) is 22.6 Å². The summed E-state index contributed by atoms with van der Waals surface area (Å²) in [6, 6.07) is 1.13. The summed E-state index contributed by atoms with van der Waals surface area (Å²) in [5.41, 5.74) is -0.362. The van der Waals surface area contributed by atoms with Crippen LogP contribution in [0.25, 0.3) is 0 Å². The molecule has 0 amide bonds. The van der Waals surface area contributed by atoms with E-state index in [1.165, 1.54) is 6.20 Å². The van der Waals surface area contributed by atoms with Crippen molar-refractivity contribution >= 4 is 11.8 Å². The van der Waals surface area contributed by atoms with E-state index in [2.05, 4.69) is 10.3 Å². The lowest BCUT2D eigenvalue weighted by Gasteiger charge is -2.05. The number of carboxylic acids is 1. The Morgan fingerprint density at radius 1 is 1.71 bits per heavy atom. The second-order valence-electron chi connectivity index (χ2n) is 2.75. The molecule has 1 rings (SSSR count). The van der Waals surface area contributed by atoms with Gasteiger partial charge in [0.15, 0.2) is 11.6 Å². The summed E-state index contributed by atoms with van der Waals surface area (Å²) in [5, 5.41) is 11.3. The van der Waals surface area contributed by atoms with Crippen molar-refractivity contribution in [3.05, 3.63) is 23.6 Å². The van der Waals surface area contributed by atoms with Gasteiger partial charge in [-0.25, -0.2) is 14.2 Å². The molecule has 0 aliphatic rings. The van der Waals surface area contributed by atoms with Crippen LogP contribution >= 0.6 is 0 Å². The Balaban J connectivity index is 2.95. The van der Waals surface area contributed by atoms with Gasteiger partial charge in [-0.05, 0) is 12.5 Å². The third-order valence-electron chi connectivity index (χ3n) is 1.66. The third-order valence-corrected chi connectivity index (χ3v) is 1.66. The number of pyridine rings is 1. The van der Waals surface area contributed by atoms with Crippen LogP contribution in [0, 0.1) is 5.82 Å². The van der Waals surface area contributed by atoms with Crippen LogP contribution in [0.3, 0.4) is 0 Å². The molecule has 0 unspecified atom stereocenters. The Morgan fingerprint density at radius 3 is 3.00 bits per heavy atom. The van der Waals surface area contributed by atoms with Gasteiger partial charge in [0.1, 0.15) is 5.56 Å². The van der Waals surface area contributed by atoms with Crippen molar-refractivity contribution in [3.63, 3.8) is 0 Å². The first-order chi connectivity index (χ1) is 6.66. The fraction of sp³-hybridized carbons (Fsp3) is 0.333. The Labute approximate surface area is 80.8 Å². The maximum atomic E-state index is 13.3. The molecule has 4 nitrogen and oxygen atoms in total. The van der Waals surface area contributed by atoms with Gasteiger partial charge in [-0.1, -0.05) is 6.92 Å². The summed E-state index contributed by atoms with van der Waals surface area (Å²) in [6.45, 7) is 2.49. The number of halogens is 1. The lowest BCUT2D eigenvalue weighted by Crippen LogP contribution is -2.08. The fourth-order valence-corrected chi connectivity index (χ4v) is 0.976. The molecule has 14 heavy (non-hydrogen) atoms. The molecule has 0 saturated carbocycles. The van der Waals surface area contributed by atoms with E-state index in [1.54, 1.807) is 0 Å². The topological polar surface area (TPSA) is 62.2 Å². The molecule has 0 bridgehead atoms. The predicted octanol–water partition coefficient (Wildman–Crippen LogP) is 1.74. The number of nitrogens with one attached hydrogen (secondary N) is 1. The highest BCUT2D eigenvalue weighted by molar-refractivity contribution is 5.88. The van der Waals surface area contributed by atoms with Crippen LogP contribution in [0.4, 0.5) is 10.2 Å². The van der Waals surface area contributed by atoms with Crippen LogP contribution in [-0.2, 0) is 0 Å². The van der Waals surface area contributed by atoms with Crippen molar-refractivity contribution in [1.82, 2.24) is 4.98 Å². The number of carbonyl (C=O) groups is 1. The van der Waals surface area contributed by atoms with Crippen molar-refractivity contribution in [2.24, 2.45) is 0 Å². The standard InChI is InChI=1S/C9H11FN2O2/c1-2-4-11-8-7(10)6(9(13)14)3-5-12-8/h3,5H,2,4H2,1H3,(H,11,12)(H,13,14). The molecule has 0 aromatic carbocycles. The zero-order valence-electron chi connectivity index (χ0n) is 7.75. The van der Waals surface area contributed by atoms with Gasteiger partial charge in [-0.3, -0.25) is 0 Å². The third kappa shape index (κ3) is 2.18. The lowest BCUT2D eigenvalue weighted by atomic mass is 10.2. The largest absolute Gasteiger partial charge is 0.478 e. The van der Waals surface area contributed by atoms with E-state index < -0.39 is 11.8 Å². The first kappa shape index (κ1) is 10.4. The predicted molar refractivity (Wildman–Crippen MR) is 49.9 cm³/mol. The van der Waals surface area contributed by atoms with Crippen molar-refractivity contribution in [2.75, 3.05) is 11.9 Å².